The average molecular weight is 506 g/mol. The Hall–Kier alpha value is -2.77. The first-order chi connectivity index (χ1) is 17.1. The maximum atomic E-state index is 13.6. The number of hydrogen-bond donors (Lipinski definition) is 0. The molecule has 1 aromatic rings. The van der Waals surface area contributed by atoms with E-state index in [0.29, 0.717) is 41.4 Å². The maximum absolute atomic E-state index is 13.6. The van der Waals surface area contributed by atoms with Gasteiger partial charge in [0.1, 0.15) is 0 Å². The molecule has 0 spiro atoms. The highest BCUT2D eigenvalue weighted by molar-refractivity contribution is 6.18. The number of allylic oxidation sites excluding steroid dienone is 4. The van der Waals surface area contributed by atoms with Crippen LogP contribution in [0.4, 0.5) is 22.0 Å². The van der Waals surface area contributed by atoms with Gasteiger partial charge in [0.2, 0.25) is 5.82 Å². The summed E-state index contributed by atoms with van der Waals surface area (Å²) in [6.45, 7) is 4.10. The highest BCUT2D eigenvalue weighted by Gasteiger charge is 2.41. The van der Waals surface area contributed by atoms with Crippen LogP contribution >= 0.6 is 0 Å². The fourth-order valence-corrected chi connectivity index (χ4v) is 6.54. The minimum atomic E-state index is -2.09. The fraction of sp³-hybridized carbons (Fsp3) is 0.500. The number of hydrogen-bond acceptors (Lipinski definition) is 2. The van der Waals surface area contributed by atoms with Crippen molar-refractivity contribution in [1.29, 1.82) is 0 Å². The molecule has 5 aliphatic rings. The Morgan fingerprint density at radius 2 is 1.11 bits per heavy atom. The van der Waals surface area contributed by atoms with E-state index in [1.54, 1.807) is 13.8 Å². The second-order valence-corrected chi connectivity index (χ2v) is 10.8. The van der Waals surface area contributed by atoms with Gasteiger partial charge in [0.05, 0.1) is 0 Å². The summed E-state index contributed by atoms with van der Waals surface area (Å²) < 4.78 is 66.2. The van der Waals surface area contributed by atoms with Crippen LogP contribution in [0.5, 0.6) is 0 Å². The zero-order valence-electron chi connectivity index (χ0n) is 20.2. The van der Waals surface area contributed by atoms with Gasteiger partial charge in [-0.1, -0.05) is 24.3 Å². The Labute approximate surface area is 206 Å². The summed E-state index contributed by atoms with van der Waals surface area (Å²) in [6, 6.07) is 0. The van der Waals surface area contributed by atoms with Crippen molar-refractivity contribution in [3.05, 3.63) is 70.1 Å². The van der Waals surface area contributed by atoms with Crippen molar-refractivity contribution < 1.29 is 31.5 Å². The zero-order valence-corrected chi connectivity index (χ0v) is 20.2. The number of imide groups is 1. The Morgan fingerprint density at radius 3 is 1.53 bits per heavy atom. The van der Waals surface area contributed by atoms with Gasteiger partial charge >= 0.3 is 0 Å². The van der Waals surface area contributed by atoms with Crippen molar-refractivity contribution in [3.8, 4) is 0 Å². The lowest BCUT2D eigenvalue weighted by atomic mass is 9.87. The molecule has 192 valence electrons. The smallest absolute Gasteiger partial charge is 0.256 e. The zero-order chi connectivity index (χ0) is 25.9. The molecule has 0 N–H and O–H groups in total. The summed E-state index contributed by atoms with van der Waals surface area (Å²) >= 11 is 0. The molecule has 0 radical (unpaired) electrons. The number of carbonyl (C=O) groups excluding carboxylic acids is 2. The van der Waals surface area contributed by atoms with E-state index in [1.165, 1.54) is 11.3 Å². The molecule has 2 saturated carbocycles. The van der Waals surface area contributed by atoms with Gasteiger partial charge in [-0.05, 0) is 81.5 Å². The van der Waals surface area contributed by atoms with Crippen LogP contribution in [0.3, 0.4) is 0 Å². The van der Waals surface area contributed by atoms with E-state index in [0.717, 1.165) is 19.3 Å². The number of fused-ring (bicyclic) bond motifs is 4. The van der Waals surface area contributed by atoms with Crippen molar-refractivity contribution >= 4 is 11.8 Å². The van der Waals surface area contributed by atoms with Gasteiger partial charge in [0.25, 0.3) is 11.8 Å². The number of halogens is 5. The largest absolute Gasteiger partial charge is 0.275 e. The van der Waals surface area contributed by atoms with Crippen LogP contribution in [0.25, 0.3) is 0 Å². The minimum Gasteiger partial charge on any atom is -0.275 e. The second-order valence-electron chi connectivity index (χ2n) is 10.8. The molecule has 2 fully saturated rings. The standard InChI is InChI=1S/C14H11F5.C14H17NO2/c15-10-9(11(16)13(18)14(19)12(10)17)5-8-4-6-1-2-7(8)3-6;1-8-9(2)14(17)15(13(8)16)7-12-6-10-3-4-11(12)5-10/h1-2,6-8H,3-5H2;3-4,10-12H,5-7H2,1-2H3. The maximum Gasteiger partial charge on any atom is 0.256 e. The number of rotatable bonds is 4. The molecular weight excluding hydrogens is 477 g/mol. The predicted octanol–water partition coefficient (Wildman–Crippen LogP) is 6.04. The molecular formula is C28H28F5NO2. The third-order valence-electron chi connectivity index (χ3n) is 8.71. The molecule has 3 nitrogen and oxygen atoms in total. The third-order valence-corrected chi connectivity index (χ3v) is 8.71. The summed E-state index contributed by atoms with van der Waals surface area (Å²) in [5.74, 6) is -7.05. The summed E-state index contributed by atoms with van der Waals surface area (Å²) in [5, 5.41) is 0. The monoisotopic (exact) mass is 505 g/mol. The molecule has 1 aromatic carbocycles. The molecule has 6 rings (SSSR count). The number of carbonyl (C=O) groups is 2. The lowest BCUT2D eigenvalue weighted by Gasteiger charge is -2.24. The Balaban J connectivity index is 0.000000149. The first-order valence-electron chi connectivity index (χ1n) is 12.5. The van der Waals surface area contributed by atoms with Crippen molar-refractivity contribution in [1.82, 2.24) is 4.90 Å². The summed E-state index contributed by atoms with van der Waals surface area (Å²) in [5.41, 5.74) is 0.560. The molecule has 6 unspecified atom stereocenters. The topological polar surface area (TPSA) is 37.4 Å². The van der Waals surface area contributed by atoms with Gasteiger partial charge in [-0.25, -0.2) is 22.0 Å². The first-order valence-corrected chi connectivity index (χ1v) is 12.5. The molecule has 6 atom stereocenters. The summed E-state index contributed by atoms with van der Waals surface area (Å²) in [6.07, 6.45) is 12.5. The van der Waals surface area contributed by atoms with E-state index in [2.05, 4.69) is 18.2 Å². The lowest BCUT2D eigenvalue weighted by Crippen LogP contribution is -2.37. The van der Waals surface area contributed by atoms with Crippen LogP contribution < -0.4 is 0 Å². The minimum absolute atomic E-state index is 0.0386. The average Bonchev–Trinajstić information content (AvgIpc) is 3.70. The molecule has 4 bridgehead atoms. The molecule has 0 saturated heterocycles. The molecule has 1 heterocycles. The first kappa shape index (κ1) is 24.9. The SMILES string of the molecule is CC1=C(C)C(=O)N(CC2CC3C=CC2C3)C1=O.Fc1c(F)c(F)c(CC2CC3C=CC2C3)c(F)c1F. The highest BCUT2D eigenvalue weighted by atomic mass is 19.2. The van der Waals surface area contributed by atoms with Crippen LogP contribution in [0.1, 0.15) is 45.1 Å². The highest BCUT2D eigenvalue weighted by Crippen LogP contribution is 2.46. The van der Waals surface area contributed by atoms with Crippen LogP contribution in [0.15, 0.2) is 35.5 Å². The van der Waals surface area contributed by atoms with Gasteiger partial charge < -0.3 is 0 Å². The quantitative estimate of drug-likeness (QED) is 0.165. The second kappa shape index (κ2) is 9.27. The van der Waals surface area contributed by atoms with E-state index in [9.17, 15) is 31.5 Å². The van der Waals surface area contributed by atoms with Crippen LogP contribution in [-0.2, 0) is 16.0 Å². The van der Waals surface area contributed by atoms with Gasteiger partial charge in [0, 0.05) is 23.3 Å². The van der Waals surface area contributed by atoms with E-state index >= 15 is 0 Å². The van der Waals surface area contributed by atoms with E-state index in [4.69, 9.17) is 0 Å². The van der Waals surface area contributed by atoms with Gasteiger partial charge in [-0.2, -0.15) is 0 Å². The lowest BCUT2D eigenvalue weighted by molar-refractivity contribution is -0.138. The Morgan fingerprint density at radius 1 is 0.667 bits per heavy atom. The van der Waals surface area contributed by atoms with Gasteiger partial charge in [-0.15, -0.1) is 0 Å². The van der Waals surface area contributed by atoms with Gasteiger partial charge in [0.15, 0.2) is 23.3 Å². The van der Waals surface area contributed by atoms with Crippen LogP contribution in [0.2, 0.25) is 0 Å². The molecule has 8 heteroatoms. The van der Waals surface area contributed by atoms with Crippen molar-refractivity contribution in [3.63, 3.8) is 0 Å². The van der Waals surface area contributed by atoms with E-state index in [-0.39, 0.29) is 30.1 Å². The number of amides is 2. The molecule has 36 heavy (non-hydrogen) atoms. The molecule has 0 aromatic heterocycles. The number of nitrogens with zero attached hydrogens (tertiary/aromatic N) is 1. The van der Waals surface area contributed by atoms with Crippen molar-refractivity contribution in [2.45, 2.75) is 46.0 Å². The predicted molar refractivity (Wildman–Crippen MR) is 123 cm³/mol. The Kier molecular flexibility index (Phi) is 6.41. The van der Waals surface area contributed by atoms with Crippen molar-refractivity contribution in [2.75, 3.05) is 6.54 Å². The summed E-state index contributed by atoms with van der Waals surface area (Å²) in [4.78, 5) is 25.3. The van der Waals surface area contributed by atoms with Crippen LogP contribution in [0, 0.1) is 64.6 Å². The van der Waals surface area contributed by atoms with Crippen molar-refractivity contribution in [2.24, 2.45) is 35.5 Å². The Bertz CT molecular complexity index is 1170. The third kappa shape index (κ3) is 4.12. The molecule has 4 aliphatic carbocycles. The molecule has 2 amide bonds. The van der Waals surface area contributed by atoms with E-state index in [1.807, 2.05) is 6.08 Å². The fourth-order valence-electron chi connectivity index (χ4n) is 6.54. The molecule has 1 aliphatic heterocycles. The van der Waals surface area contributed by atoms with Crippen LogP contribution in [-0.4, -0.2) is 23.3 Å². The normalized spacial score (nSPS) is 31.8. The van der Waals surface area contributed by atoms with E-state index < -0.39 is 34.6 Å². The van der Waals surface area contributed by atoms with Gasteiger partial charge in [-0.3, -0.25) is 14.5 Å². The number of benzene rings is 1. The summed E-state index contributed by atoms with van der Waals surface area (Å²) in [7, 11) is 0.